The minimum atomic E-state index is -0.175. The molecule has 0 fully saturated rings. The van der Waals surface area contributed by atoms with Crippen molar-refractivity contribution in [1.29, 1.82) is 0 Å². The Bertz CT molecular complexity index is 1270. The van der Waals surface area contributed by atoms with Gasteiger partial charge in [-0.1, -0.05) is 53.6 Å². The maximum Gasteiger partial charge on any atom is 0.258 e. The molecule has 0 atom stereocenters. The molecule has 150 valence electrons. The lowest BCUT2D eigenvalue weighted by Crippen LogP contribution is -2.33. The first-order chi connectivity index (χ1) is 14.4. The van der Waals surface area contributed by atoms with Crippen LogP contribution in [0.5, 0.6) is 0 Å². The van der Waals surface area contributed by atoms with Crippen LogP contribution in [0.2, 0.25) is 0 Å². The summed E-state index contributed by atoms with van der Waals surface area (Å²) in [5.74, 6) is -0.136. The quantitative estimate of drug-likeness (QED) is 0.509. The average molecular weight is 396 g/mol. The first-order valence-corrected chi connectivity index (χ1v) is 9.99. The molecule has 0 aliphatic heterocycles. The highest BCUT2D eigenvalue weighted by Crippen LogP contribution is 2.22. The topological polar surface area (TPSA) is 53.2 Å². The largest absolute Gasteiger partial charge is 0.321 e. The number of nitrogens with zero attached hydrogens (tertiary/aromatic N) is 1. The predicted octanol–water partition coefficient (Wildman–Crippen LogP) is 5.30. The number of aromatic amines is 1. The molecule has 1 amide bonds. The summed E-state index contributed by atoms with van der Waals surface area (Å²) in [6.07, 6.45) is 0. The van der Waals surface area contributed by atoms with Crippen LogP contribution in [0.15, 0.2) is 77.6 Å². The fourth-order valence-corrected chi connectivity index (χ4v) is 3.57. The van der Waals surface area contributed by atoms with E-state index in [2.05, 4.69) is 4.98 Å². The van der Waals surface area contributed by atoms with Crippen LogP contribution in [0.25, 0.3) is 10.9 Å². The first kappa shape index (κ1) is 19.6. The van der Waals surface area contributed by atoms with Crippen molar-refractivity contribution in [3.05, 3.63) is 111 Å². The molecule has 0 unspecified atom stereocenters. The Kier molecular flexibility index (Phi) is 5.23. The van der Waals surface area contributed by atoms with Gasteiger partial charge in [0.2, 0.25) is 0 Å². The highest BCUT2D eigenvalue weighted by atomic mass is 16.2. The van der Waals surface area contributed by atoms with E-state index in [4.69, 9.17) is 0 Å². The monoisotopic (exact) mass is 396 g/mol. The van der Waals surface area contributed by atoms with Gasteiger partial charge in [-0.2, -0.15) is 0 Å². The summed E-state index contributed by atoms with van der Waals surface area (Å²) >= 11 is 0. The molecule has 4 nitrogen and oxygen atoms in total. The molecule has 4 rings (SSSR count). The molecule has 4 heteroatoms. The number of rotatable bonds is 4. The summed E-state index contributed by atoms with van der Waals surface area (Å²) in [7, 11) is 0. The van der Waals surface area contributed by atoms with Gasteiger partial charge in [-0.25, -0.2) is 0 Å². The van der Waals surface area contributed by atoms with E-state index in [1.807, 2.05) is 93.6 Å². The number of H-pyrrole nitrogens is 1. The Morgan fingerprint density at radius 1 is 0.867 bits per heavy atom. The first-order valence-electron chi connectivity index (χ1n) is 9.99. The number of hydrogen-bond acceptors (Lipinski definition) is 2. The Morgan fingerprint density at radius 2 is 1.50 bits per heavy atom. The molecule has 1 aromatic heterocycles. The number of anilines is 1. The smallest absolute Gasteiger partial charge is 0.258 e. The normalized spacial score (nSPS) is 10.9. The minimum absolute atomic E-state index is 0.136. The highest BCUT2D eigenvalue weighted by molar-refractivity contribution is 6.06. The van der Waals surface area contributed by atoms with Crippen LogP contribution >= 0.6 is 0 Å². The number of benzene rings is 3. The molecule has 0 spiro atoms. The second-order valence-electron chi connectivity index (χ2n) is 7.76. The van der Waals surface area contributed by atoms with Crippen molar-refractivity contribution in [3.8, 4) is 0 Å². The van der Waals surface area contributed by atoms with E-state index in [0.717, 1.165) is 33.3 Å². The van der Waals surface area contributed by atoms with Crippen molar-refractivity contribution >= 4 is 22.5 Å². The third-order valence-electron chi connectivity index (χ3n) is 5.38. The van der Waals surface area contributed by atoms with E-state index in [0.29, 0.717) is 11.1 Å². The van der Waals surface area contributed by atoms with Gasteiger partial charge < -0.3 is 9.88 Å². The molecular weight excluding hydrogens is 372 g/mol. The molecule has 0 radical (unpaired) electrons. The molecule has 4 aromatic rings. The van der Waals surface area contributed by atoms with Crippen LogP contribution in [0.3, 0.4) is 0 Å². The molecule has 0 saturated heterocycles. The number of fused-ring (bicyclic) bond motifs is 1. The number of hydrogen-bond donors (Lipinski definition) is 1. The number of para-hydroxylation sites is 1. The van der Waals surface area contributed by atoms with E-state index in [1.54, 1.807) is 4.90 Å². The van der Waals surface area contributed by atoms with Crippen molar-refractivity contribution in [2.45, 2.75) is 27.3 Å². The van der Waals surface area contributed by atoms with Gasteiger partial charge in [-0.3, -0.25) is 9.59 Å². The van der Waals surface area contributed by atoms with E-state index in [1.165, 1.54) is 0 Å². The van der Waals surface area contributed by atoms with E-state index >= 15 is 0 Å². The van der Waals surface area contributed by atoms with Gasteiger partial charge in [0.1, 0.15) is 0 Å². The lowest BCUT2D eigenvalue weighted by molar-refractivity contribution is 0.0985. The van der Waals surface area contributed by atoms with Crippen LogP contribution in [0.1, 0.15) is 32.6 Å². The fraction of sp³-hybridized carbons (Fsp3) is 0.154. The second kappa shape index (κ2) is 7.99. The van der Waals surface area contributed by atoms with Gasteiger partial charge in [0.25, 0.3) is 11.5 Å². The van der Waals surface area contributed by atoms with Crippen LogP contribution in [-0.4, -0.2) is 10.9 Å². The summed E-state index contributed by atoms with van der Waals surface area (Å²) in [5, 5.41) is 0.955. The summed E-state index contributed by atoms with van der Waals surface area (Å²) in [5.41, 5.74) is 5.78. The lowest BCUT2D eigenvalue weighted by Gasteiger charge is -2.23. The third-order valence-corrected chi connectivity index (χ3v) is 5.38. The molecule has 0 aliphatic rings. The van der Waals surface area contributed by atoms with Gasteiger partial charge >= 0.3 is 0 Å². The van der Waals surface area contributed by atoms with Gasteiger partial charge in [0.05, 0.1) is 12.1 Å². The second-order valence-corrected chi connectivity index (χ2v) is 7.76. The summed E-state index contributed by atoms with van der Waals surface area (Å²) in [4.78, 5) is 30.9. The van der Waals surface area contributed by atoms with Crippen LogP contribution in [0.4, 0.5) is 5.69 Å². The summed E-state index contributed by atoms with van der Waals surface area (Å²) < 4.78 is 0. The zero-order valence-corrected chi connectivity index (χ0v) is 17.4. The molecular formula is C26H24N2O2. The van der Waals surface area contributed by atoms with Crippen LogP contribution in [0, 0.1) is 20.8 Å². The number of carbonyl (C=O) groups excluding carboxylic acids is 1. The molecule has 1 heterocycles. The van der Waals surface area contributed by atoms with E-state index in [9.17, 15) is 9.59 Å². The maximum absolute atomic E-state index is 13.4. The molecule has 3 aromatic carbocycles. The van der Waals surface area contributed by atoms with Gasteiger partial charge in [-0.15, -0.1) is 0 Å². The summed E-state index contributed by atoms with van der Waals surface area (Å²) in [6.45, 7) is 6.15. The van der Waals surface area contributed by atoms with Crippen molar-refractivity contribution in [2.75, 3.05) is 4.90 Å². The zero-order chi connectivity index (χ0) is 21.3. The van der Waals surface area contributed by atoms with Gasteiger partial charge in [0.15, 0.2) is 0 Å². The maximum atomic E-state index is 13.4. The van der Waals surface area contributed by atoms with Crippen molar-refractivity contribution in [2.24, 2.45) is 0 Å². The van der Waals surface area contributed by atoms with E-state index < -0.39 is 0 Å². The van der Waals surface area contributed by atoms with Crippen LogP contribution in [-0.2, 0) is 6.54 Å². The van der Waals surface area contributed by atoms with Crippen molar-refractivity contribution < 1.29 is 4.79 Å². The Hall–Kier alpha value is -3.66. The third kappa shape index (κ3) is 3.90. The van der Waals surface area contributed by atoms with E-state index in [-0.39, 0.29) is 18.0 Å². The SMILES string of the molecule is Cc1ccc(C(=O)N(Cc2cc3cccc(C)c3[nH]c2=O)c2ccc(C)cc2)cc1. The fourth-order valence-electron chi connectivity index (χ4n) is 3.57. The number of aromatic nitrogens is 1. The van der Waals surface area contributed by atoms with Gasteiger partial charge in [-0.05, 0) is 62.1 Å². The number of pyridine rings is 1. The van der Waals surface area contributed by atoms with Crippen molar-refractivity contribution in [3.63, 3.8) is 0 Å². The number of nitrogens with one attached hydrogen (secondary N) is 1. The zero-order valence-electron chi connectivity index (χ0n) is 17.4. The van der Waals surface area contributed by atoms with Gasteiger partial charge in [0, 0.05) is 16.8 Å². The minimum Gasteiger partial charge on any atom is -0.321 e. The number of amides is 1. The predicted molar refractivity (Wildman–Crippen MR) is 122 cm³/mol. The Labute approximate surface area is 175 Å². The molecule has 30 heavy (non-hydrogen) atoms. The Morgan fingerprint density at radius 3 is 2.17 bits per heavy atom. The molecule has 0 bridgehead atoms. The molecule has 0 saturated carbocycles. The average Bonchev–Trinajstić information content (AvgIpc) is 2.74. The number of carbonyl (C=O) groups is 1. The summed E-state index contributed by atoms with van der Waals surface area (Å²) in [6, 6.07) is 23.1. The number of aryl methyl sites for hydroxylation is 3. The lowest BCUT2D eigenvalue weighted by atomic mass is 10.1. The molecule has 1 N–H and O–H groups in total. The van der Waals surface area contributed by atoms with Crippen LogP contribution < -0.4 is 10.5 Å². The highest BCUT2D eigenvalue weighted by Gasteiger charge is 2.20. The Balaban J connectivity index is 1.78. The standard InChI is InChI=1S/C26H24N2O2/c1-17-7-11-20(12-8-17)26(30)28(23-13-9-18(2)10-14-23)16-22-15-21-6-4-5-19(3)24(21)27-25(22)29/h4-15H,16H2,1-3H3,(H,27,29). The molecule has 0 aliphatic carbocycles. The van der Waals surface area contributed by atoms with Crippen molar-refractivity contribution in [1.82, 2.24) is 4.98 Å².